The highest BCUT2D eigenvalue weighted by Crippen LogP contribution is 2.33. The summed E-state index contributed by atoms with van der Waals surface area (Å²) >= 11 is 25.2. The van der Waals surface area contributed by atoms with Crippen LogP contribution in [0.5, 0.6) is 0 Å². The third-order valence-electron chi connectivity index (χ3n) is 6.49. The molecule has 42 heavy (non-hydrogen) atoms. The third-order valence-corrected chi connectivity index (χ3v) is 9.41. The Kier molecular flexibility index (Phi) is 12.0. The fourth-order valence-electron chi connectivity index (χ4n) is 4.20. The van der Waals surface area contributed by atoms with E-state index in [0.717, 1.165) is 9.87 Å². The van der Waals surface area contributed by atoms with Crippen LogP contribution in [0.3, 0.4) is 0 Å². The molecule has 0 radical (unpaired) electrons. The Morgan fingerprint density at radius 3 is 2.10 bits per heavy atom. The van der Waals surface area contributed by atoms with Gasteiger partial charge in [0.1, 0.15) is 12.6 Å². The number of hydrogen-bond donors (Lipinski definition) is 1. The number of hydrogen-bond acceptors (Lipinski definition) is 4. The van der Waals surface area contributed by atoms with Crippen LogP contribution in [0.2, 0.25) is 20.1 Å². The molecule has 0 aromatic heterocycles. The molecule has 3 aromatic carbocycles. The number of nitrogens with one attached hydrogen (secondary N) is 1. The van der Waals surface area contributed by atoms with Crippen molar-refractivity contribution in [1.29, 1.82) is 0 Å². The maximum Gasteiger partial charge on any atom is 0.264 e. The molecule has 1 atom stereocenters. The van der Waals surface area contributed by atoms with Gasteiger partial charge < -0.3 is 10.2 Å². The standard InChI is InChI=1S/C30H33Cl4N3O4S/c1-5-27(30(39)35-16-19(2)3)36(17-21-8-9-22(31)14-26(21)34)29(38)18-37(28-15-23(32)10-13-25(28)33)42(40,41)24-11-6-20(4)7-12-24/h6-15,19,27H,5,16-18H2,1-4H3,(H,35,39)/t27-/m1/s1. The van der Waals surface area contributed by atoms with E-state index in [9.17, 15) is 18.0 Å². The molecule has 0 unspecified atom stereocenters. The van der Waals surface area contributed by atoms with Gasteiger partial charge in [0, 0.05) is 28.2 Å². The molecule has 7 nitrogen and oxygen atoms in total. The van der Waals surface area contributed by atoms with E-state index in [1.54, 1.807) is 37.3 Å². The lowest BCUT2D eigenvalue weighted by atomic mass is 10.1. The second kappa shape index (κ2) is 14.8. The van der Waals surface area contributed by atoms with Gasteiger partial charge in [0.05, 0.1) is 15.6 Å². The molecule has 0 saturated heterocycles. The monoisotopic (exact) mass is 671 g/mol. The molecule has 0 fully saturated rings. The molecule has 0 aliphatic heterocycles. The molecule has 3 rings (SSSR count). The van der Waals surface area contributed by atoms with Crippen molar-refractivity contribution in [2.24, 2.45) is 5.92 Å². The van der Waals surface area contributed by atoms with E-state index >= 15 is 0 Å². The average Bonchev–Trinajstić information content (AvgIpc) is 2.93. The Balaban J connectivity index is 2.11. The van der Waals surface area contributed by atoms with Gasteiger partial charge in [0.25, 0.3) is 10.0 Å². The van der Waals surface area contributed by atoms with E-state index in [2.05, 4.69) is 5.32 Å². The second-order valence-corrected chi connectivity index (χ2v) is 13.8. The lowest BCUT2D eigenvalue weighted by Crippen LogP contribution is -2.52. The zero-order valence-electron chi connectivity index (χ0n) is 23.7. The Morgan fingerprint density at radius 2 is 1.50 bits per heavy atom. The van der Waals surface area contributed by atoms with Crippen LogP contribution in [-0.2, 0) is 26.2 Å². The Bertz CT molecular complexity index is 1530. The van der Waals surface area contributed by atoms with Gasteiger partial charge in [0.2, 0.25) is 11.8 Å². The van der Waals surface area contributed by atoms with Crippen molar-refractivity contribution in [2.75, 3.05) is 17.4 Å². The molecule has 0 heterocycles. The van der Waals surface area contributed by atoms with Crippen LogP contribution in [0.4, 0.5) is 5.69 Å². The van der Waals surface area contributed by atoms with Crippen molar-refractivity contribution >= 4 is 73.9 Å². The number of nitrogens with zero attached hydrogens (tertiary/aromatic N) is 2. The second-order valence-electron chi connectivity index (χ2n) is 10.2. The van der Waals surface area contributed by atoms with Crippen LogP contribution in [0.15, 0.2) is 65.6 Å². The summed E-state index contributed by atoms with van der Waals surface area (Å²) in [7, 11) is -4.30. The minimum absolute atomic E-state index is 0.0277. The Hall–Kier alpha value is -2.49. The Morgan fingerprint density at radius 1 is 0.881 bits per heavy atom. The number of anilines is 1. The minimum Gasteiger partial charge on any atom is -0.354 e. The molecule has 0 spiro atoms. The molecular formula is C30H33Cl4N3O4S. The Labute approximate surface area is 267 Å². The average molecular weight is 673 g/mol. The number of aryl methyl sites for hydroxylation is 1. The third kappa shape index (κ3) is 8.54. The van der Waals surface area contributed by atoms with E-state index in [4.69, 9.17) is 46.4 Å². The van der Waals surface area contributed by atoms with Crippen molar-refractivity contribution in [3.05, 3.63) is 91.9 Å². The van der Waals surface area contributed by atoms with Gasteiger partial charge in [-0.15, -0.1) is 0 Å². The fourth-order valence-corrected chi connectivity index (χ4v) is 6.53. The van der Waals surface area contributed by atoms with Gasteiger partial charge in [-0.2, -0.15) is 0 Å². The molecule has 0 aliphatic rings. The first-order valence-corrected chi connectivity index (χ1v) is 16.2. The first-order valence-electron chi connectivity index (χ1n) is 13.3. The van der Waals surface area contributed by atoms with Crippen LogP contribution < -0.4 is 9.62 Å². The number of rotatable bonds is 12. The van der Waals surface area contributed by atoms with Crippen LogP contribution in [0.1, 0.15) is 38.3 Å². The van der Waals surface area contributed by atoms with Crippen molar-refractivity contribution in [2.45, 2.75) is 51.6 Å². The summed E-state index contributed by atoms with van der Waals surface area (Å²) in [6, 6.07) is 14.5. The molecule has 0 bridgehead atoms. The van der Waals surface area contributed by atoms with E-state index in [1.165, 1.54) is 35.2 Å². The summed E-state index contributed by atoms with van der Waals surface area (Å²) < 4.78 is 28.9. The smallest absolute Gasteiger partial charge is 0.264 e. The predicted octanol–water partition coefficient (Wildman–Crippen LogP) is 7.38. The maximum atomic E-state index is 14.2. The van der Waals surface area contributed by atoms with Crippen LogP contribution >= 0.6 is 46.4 Å². The summed E-state index contributed by atoms with van der Waals surface area (Å²) in [5, 5.41) is 3.91. The molecule has 2 amide bonds. The normalized spacial score (nSPS) is 12.2. The van der Waals surface area contributed by atoms with Gasteiger partial charge in [-0.25, -0.2) is 8.42 Å². The molecule has 12 heteroatoms. The van der Waals surface area contributed by atoms with E-state index in [1.807, 2.05) is 20.8 Å². The predicted molar refractivity (Wildman–Crippen MR) is 171 cm³/mol. The van der Waals surface area contributed by atoms with Gasteiger partial charge >= 0.3 is 0 Å². The van der Waals surface area contributed by atoms with Crippen molar-refractivity contribution in [1.82, 2.24) is 10.2 Å². The summed E-state index contributed by atoms with van der Waals surface area (Å²) in [4.78, 5) is 28.8. The van der Waals surface area contributed by atoms with E-state index < -0.39 is 28.5 Å². The number of amides is 2. The van der Waals surface area contributed by atoms with Gasteiger partial charge in [0.15, 0.2) is 0 Å². The van der Waals surface area contributed by atoms with Gasteiger partial charge in [-0.1, -0.05) is 90.9 Å². The molecule has 0 aliphatic carbocycles. The van der Waals surface area contributed by atoms with Crippen molar-refractivity contribution in [3.63, 3.8) is 0 Å². The highest BCUT2D eigenvalue weighted by molar-refractivity contribution is 7.92. The highest BCUT2D eigenvalue weighted by Gasteiger charge is 2.34. The lowest BCUT2D eigenvalue weighted by molar-refractivity contribution is -0.140. The number of halogens is 4. The topological polar surface area (TPSA) is 86.8 Å². The number of benzene rings is 3. The minimum atomic E-state index is -4.30. The lowest BCUT2D eigenvalue weighted by Gasteiger charge is -2.33. The summed E-state index contributed by atoms with van der Waals surface area (Å²) in [6.07, 6.45) is 0.267. The first kappa shape index (κ1) is 34.0. The number of sulfonamides is 1. The van der Waals surface area contributed by atoms with Crippen molar-refractivity contribution < 1.29 is 18.0 Å². The van der Waals surface area contributed by atoms with Gasteiger partial charge in [-0.05, 0) is 67.3 Å². The zero-order chi connectivity index (χ0) is 31.2. The summed E-state index contributed by atoms with van der Waals surface area (Å²) in [5.74, 6) is -0.820. The SMILES string of the molecule is CC[C@H](C(=O)NCC(C)C)N(Cc1ccc(Cl)cc1Cl)C(=O)CN(c1cc(Cl)ccc1Cl)S(=O)(=O)c1ccc(C)cc1. The molecule has 0 saturated carbocycles. The quantitative estimate of drug-likeness (QED) is 0.218. The summed E-state index contributed by atoms with van der Waals surface area (Å²) in [6.45, 7) is 7.21. The molecular weight excluding hydrogens is 640 g/mol. The van der Waals surface area contributed by atoms with Crippen molar-refractivity contribution in [3.8, 4) is 0 Å². The zero-order valence-corrected chi connectivity index (χ0v) is 27.5. The summed E-state index contributed by atoms with van der Waals surface area (Å²) in [5.41, 5.74) is 1.43. The first-order chi connectivity index (χ1) is 19.7. The highest BCUT2D eigenvalue weighted by atomic mass is 35.5. The molecule has 226 valence electrons. The molecule has 3 aromatic rings. The van der Waals surface area contributed by atoms with Gasteiger partial charge in [-0.3, -0.25) is 13.9 Å². The van der Waals surface area contributed by atoms with E-state index in [0.29, 0.717) is 22.2 Å². The number of carbonyl (C=O) groups is 2. The number of carbonyl (C=O) groups excluding carboxylic acids is 2. The van der Waals surface area contributed by atoms with Crippen LogP contribution in [-0.4, -0.2) is 44.3 Å². The van der Waals surface area contributed by atoms with Crippen LogP contribution in [0.25, 0.3) is 0 Å². The molecule has 1 N–H and O–H groups in total. The van der Waals surface area contributed by atoms with Crippen LogP contribution in [0, 0.1) is 12.8 Å². The maximum absolute atomic E-state index is 14.2. The van der Waals surface area contributed by atoms with E-state index in [-0.39, 0.29) is 45.4 Å². The largest absolute Gasteiger partial charge is 0.354 e. The fraction of sp³-hybridized carbons (Fsp3) is 0.333.